The van der Waals surface area contributed by atoms with Gasteiger partial charge in [-0.2, -0.15) is 4.98 Å². The van der Waals surface area contributed by atoms with Crippen LogP contribution in [0.3, 0.4) is 0 Å². The third kappa shape index (κ3) is 4.04. The van der Waals surface area contributed by atoms with E-state index in [4.69, 9.17) is 16.1 Å². The summed E-state index contributed by atoms with van der Waals surface area (Å²) >= 11 is 5.85. The summed E-state index contributed by atoms with van der Waals surface area (Å²) in [6.45, 7) is 3.90. The summed E-state index contributed by atoms with van der Waals surface area (Å²) in [5, 5.41) is 4.69. The minimum Gasteiger partial charge on any atom is -0.338 e. The predicted octanol–water partition coefficient (Wildman–Crippen LogP) is 3.62. The molecule has 0 saturated carbocycles. The van der Waals surface area contributed by atoms with Crippen LogP contribution in [0.2, 0.25) is 5.02 Å². The number of aromatic nitrogens is 2. The van der Waals surface area contributed by atoms with Crippen LogP contribution < -0.4 is 0 Å². The van der Waals surface area contributed by atoms with Gasteiger partial charge in [-0.25, -0.2) is 0 Å². The fourth-order valence-corrected chi connectivity index (χ4v) is 1.90. The summed E-state index contributed by atoms with van der Waals surface area (Å²) in [5.74, 6) is 1.25. The zero-order valence-corrected chi connectivity index (χ0v) is 12.0. The normalized spacial score (nSPS) is 11.2. The Labute approximate surface area is 118 Å². The highest BCUT2D eigenvalue weighted by Crippen LogP contribution is 2.18. The van der Waals surface area contributed by atoms with E-state index in [1.165, 1.54) is 12.8 Å². The van der Waals surface area contributed by atoms with Crippen LogP contribution in [0.5, 0.6) is 0 Å². The standard InChI is InChI=1S/C14H18ClN3O/c1-3-4-9-18(2)10-13-16-14(17-19-13)11-5-7-12(15)8-6-11/h5-8H,3-4,9-10H2,1-2H3. The summed E-state index contributed by atoms with van der Waals surface area (Å²) in [5.41, 5.74) is 0.913. The Morgan fingerprint density at radius 3 is 2.68 bits per heavy atom. The molecule has 0 atom stereocenters. The number of nitrogens with zero attached hydrogens (tertiary/aromatic N) is 3. The zero-order chi connectivity index (χ0) is 13.7. The predicted molar refractivity (Wildman–Crippen MR) is 76.0 cm³/mol. The molecule has 0 amide bonds. The molecule has 1 aromatic carbocycles. The maximum atomic E-state index is 5.85. The molecule has 0 aliphatic rings. The molecule has 2 rings (SSSR count). The second kappa shape index (κ2) is 6.68. The van der Waals surface area contributed by atoms with Crippen molar-refractivity contribution in [3.8, 4) is 11.4 Å². The second-order valence-corrected chi connectivity index (χ2v) is 5.05. The smallest absolute Gasteiger partial charge is 0.241 e. The second-order valence-electron chi connectivity index (χ2n) is 4.61. The Morgan fingerprint density at radius 1 is 1.26 bits per heavy atom. The highest BCUT2D eigenvalue weighted by atomic mass is 35.5. The van der Waals surface area contributed by atoms with Crippen LogP contribution in [-0.2, 0) is 6.54 Å². The van der Waals surface area contributed by atoms with Gasteiger partial charge in [-0.15, -0.1) is 0 Å². The maximum absolute atomic E-state index is 5.85. The van der Waals surface area contributed by atoms with Crippen LogP contribution in [0, 0.1) is 0 Å². The third-order valence-corrected chi connectivity index (χ3v) is 3.12. The Bertz CT molecular complexity index is 510. The number of hydrogen-bond acceptors (Lipinski definition) is 4. The van der Waals surface area contributed by atoms with Gasteiger partial charge in [0.15, 0.2) is 0 Å². The highest BCUT2D eigenvalue weighted by Gasteiger charge is 2.10. The zero-order valence-electron chi connectivity index (χ0n) is 11.3. The maximum Gasteiger partial charge on any atom is 0.241 e. The van der Waals surface area contributed by atoms with Crippen LogP contribution in [0.25, 0.3) is 11.4 Å². The van der Waals surface area contributed by atoms with Crippen LogP contribution >= 0.6 is 11.6 Å². The molecule has 0 saturated heterocycles. The Hall–Kier alpha value is -1.39. The molecule has 1 aromatic heterocycles. The van der Waals surface area contributed by atoms with E-state index in [1.807, 2.05) is 24.3 Å². The fourth-order valence-electron chi connectivity index (χ4n) is 1.77. The van der Waals surface area contributed by atoms with Crippen molar-refractivity contribution in [1.82, 2.24) is 15.0 Å². The van der Waals surface area contributed by atoms with Crippen molar-refractivity contribution in [3.63, 3.8) is 0 Å². The van der Waals surface area contributed by atoms with E-state index >= 15 is 0 Å². The summed E-state index contributed by atoms with van der Waals surface area (Å²) in [4.78, 5) is 6.58. The van der Waals surface area contributed by atoms with Gasteiger partial charge in [-0.1, -0.05) is 30.1 Å². The molecule has 0 N–H and O–H groups in total. The van der Waals surface area contributed by atoms with E-state index in [2.05, 4.69) is 29.0 Å². The van der Waals surface area contributed by atoms with Gasteiger partial charge in [-0.05, 0) is 44.3 Å². The minimum atomic E-state index is 0.607. The largest absolute Gasteiger partial charge is 0.338 e. The topological polar surface area (TPSA) is 42.2 Å². The van der Waals surface area contributed by atoms with Gasteiger partial charge in [0, 0.05) is 10.6 Å². The monoisotopic (exact) mass is 279 g/mol. The van der Waals surface area contributed by atoms with Gasteiger partial charge in [0.25, 0.3) is 0 Å². The van der Waals surface area contributed by atoms with Crippen LogP contribution in [0.4, 0.5) is 0 Å². The Balaban J connectivity index is 2.00. The van der Waals surface area contributed by atoms with Gasteiger partial charge in [0.2, 0.25) is 11.7 Å². The molecule has 19 heavy (non-hydrogen) atoms. The van der Waals surface area contributed by atoms with E-state index < -0.39 is 0 Å². The molecule has 0 radical (unpaired) electrons. The summed E-state index contributed by atoms with van der Waals surface area (Å²) in [6, 6.07) is 7.41. The van der Waals surface area contributed by atoms with E-state index in [0.717, 1.165) is 12.1 Å². The van der Waals surface area contributed by atoms with Gasteiger partial charge in [-0.3, -0.25) is 4.90 Å². The van der Waals surface area contributed by atoms with Crippen molar-refractivity contribution in [2.24, 2.45) is 0 Å². The Morgan fingerprint density at radius 2 is 2.00 bits per heavy atom. The Kier molecular flexibility index (Phi) is 4.93. The van der Waals surface area contributed by atoms with Crippen LogP contribution in [0.1, 0.15) is 25.7 Å². The van der Waals surface area contributed by atoms with E-state index in [-0.39, 0.29) is 0 Å². The van der Waals surface area contributed by atoms with Gasteiger partial charge >= 0.3 is 0 Å². The number of halogens is 1. The molecule has 0 bridgehead atoms. The lowest BCUT2D eigenvalue weighted by Gasteiger charge is -2.12. The molecule has 102 valence electrons. The fraction of sp³-hybridized carbons (Fsp3) is 0.429. The number of unbranched alkanes of at least 4 members (excludes halogenated alkanes) is 1. The molecular formula is C14H18ClN3O. The molecule has 2 aromatic rings. The summed E-state index contributed by atoms with van der Waals surface area (Å²) < 4.78 is 5.26. The first-order valence-corrected chi connectivity index (χ1v) is 6.84. The lowest BCUT2D eigenvalue weighted by atomic mass is 10.2. The van der Waals surface area contributed by atoms with Crippen molar-refractivity contribution in [2.75, 3.05) is 13.6 Å². The van der Waals surface area contributed by atoms with Crippen molar-refractivity contribution >= 4 is 11.6 Å². The van der Waals surface area contributed by atoms with Crippen LogP contribution in [-0.4, -0.2) is 28.6 Å². The summed E-state index contributed by atoms with van der Waals surface area (Å²) in [7, 11) is 2.06. The first kappa shape index (κ1) is 14.0. The first-order chi connectivity index (χ1) is 9.19. The van der Waals surface area contributed by atoms with Crippen molar-refractivity contribution in [2.45, 2.75) is 26.3 Å². The van der Waals surface area contributed by atoms with Gasteiger partial charge in [0.05, 0.1) is 6.54 Å². The molecular weight excluding hydrogens is 262 g/mol. The van der Waals surface area contributed by atoms with E-state index in [1.54, 1.807) is 0 Å². The molecule has 0 aliphatic heterocycles. The highest BCUT2D eigenvalue weighted by molar-refractivity contribution is 6.30. The molecule has 0 unspecified atom stereocenters. The molecule has 0 aliphatic carbocycles. The minimum absolute atomic E-state index is 0.607. The molecule has 0 fully saturated rings. The lowest BCUT2D eigenvalue weighted by molar-refractivity contribution is 0.264. The van der Waals surface area contributed by atoms with Crippen molar-refractivity contribution in [1.29, 1.82) is 0 Å². The van der Waals surface area contributed by atoms with Gasteiger partial charge < -0.3 is 4.52 Å². The SMILES string of the molecule is CCCCN(C)Cc1nc(-c2ccc(Cl)cc2)no1. The van der Waals surface area contributed by atoms with E-state index in [0.29, 0.717) is 23.3 Å². The van der Waals surface area contributed by atoms with Crippen LogP contribution in [0.15, 0.2) is 28.8 Å². The molecule has 4 nitrogen and oxygen atoms in total. The van der Waals surface area contributed by atoms with Crippen molar-refractivity contribution < 1.29 is 4.52 Å². The molecule has 5 heteroatoms. The van der Waals surface area contributed by atoms with Gasteiger partial charge in [0.1, 0.15) is 0 Å². The third-order valence-electron chi connectivity index (χ3n) is 2.87. The number of rotatable bonds is 6. The average Bonchev–Trinajstić information content (AvgIpc) is 2.85. The molecule has 0 spiro atoms. The molecule has 1 heterocycles. The van der Waals surface area contributed by atoms with Crippen molar-refractivity contribution in [3.05, 3.63) is 35.2 Å². The lowest BCUT2D eigenvalue weighted by Crippen LogP contribution is -2.19. The van der Waals surface area contributed by atoms with E-state index in [9.17, 15) is 0 Å². The first-order valence-electron chi connectivity index (χ1n) is 6.46. The quantitative estimate of drug-likeness (QED) is 0.810. The summed E-state index contributed by atoms with van der Waals surface area (Å²) in [6.07, 6.45) is 2.36. The number of hydrogen-bond donors (Lipinski definition) is 0. The number of benzene rings is 1. The average molecular weight is 280 g/mol.